The highest BCUT2D eigenvalue weighted by Gasteiger charge is 2.20. The number of non-ortho nitro benzene ring substituents is 1. The number of carbonyl (C=O) groups excluding carboxylic acids is 1. The second-order valence-corrected chi connectivity index (χ2v) is 8.29. The molecule has 1 heterocycles. The number of nitro groups is 1. The van der Waals surface area contributed by atoms with Gasteiger partial charge in [0, 0.05) is 37.8 Å². The minimum atomic E-state index is -3.88. The van der Waals surface area contributed by atoms with Gasteiger partial charge in [0.25, 0.3) is 15.7 Å². The van der Waals surface area contributed by atoms with Crippen molar-refractivity contribution in [1.29, 1.82) is 0 Å². The number of amides is 1. The summed E-state index contributed by atoms with van der Waals surface area (Å²) in [6.45, 7) is 0.771. The van der Waals surface area contributed by atoms with E-state index in [2.05, 4.69) is 9.71 Å². The Labute approximate surface area is 168 Å². The van der Waals surface area contributed by atoms with E-state index >= 15 is 0 Å². The highest BCUT2D eigenvalue weighted by molar-refractivity contribution is 7.90. The third-order valence-electron chi connectivity index (χ3n) is 4.49. The van der Waals surface area contributed by atoms with Gasteiger partial charge in [-0.15, -0.1) is 4.40 Å². The van der Waals surface area contributed by atoms with Crippen LogP contribution < -0.4 is 5.32 Å². The van der Waals surface area contributed by atoms with E-state index in [9.17, 15) is 23.3 Å². The number of likely N-dealkylation sites (tertiary alicyclic amines) is 1. The van der Waals surface area contributed by atoms with Crippen molar-refractivity contribution in [1.82, 2.24) is 4.90 Å². The Morgan fingerprint density at radius 3 is 2.59 bits per heavy atom. The van der Waals surface area contributed by atoms with E-state index in [4.69, 9.17) is 0 Å². The molecule has 10 heteroatoms. The zero-order chi connectivity index (χ0) is 21.0. The Balaban J connectivity index is 1.70. The molecule has 0 spiro atoms. The maximum atomic E-state index is 12.6. The van der Waals surface area contributed by atoms with Crippen molar-refractivity contribution in [3.05, 3.63) is 64.2 Å². The molecule has 0 saturated carbocycles. The molecule has 2 aromatic carbocycles. The number of benzene rings is 2. The Kier molecular flexibility index (Phi) is 5.92. The zero-order valence-electron chi connectivity index (χ0n) is 15.7. The third-order valence-corrected chi connectivity index (χ3v) is 5.79. The van der Waals surface area contributed by atoms with Crippen molar-refractivity contribution >= 4 is 33.1 Å². The van der Waals surface area contributed by atoms with Gasteiger partial charge in [-0.2, -0.15) is 8.42 Å². The predicted octanol–water partition coefficient (Wildman–Crippen LogP) is 2.59. The fourth-order valence-electron chi connectivity index (χ4n) is 2.96. The van der Waals surface area contributed by atoms with Crippen LogP contribution in [0.3, 0.4) is 0 Å². The van der Waals surface area contributed by atoms with E-state index in [-0.39, 0.29) is 22.9 Å². The summed E-state index contributed by atoms with van der Waals surface area (Å²) < 4.78 is 29.1. The maximum Gasteiger partial charge on any atom is 0.284 e. The molecule has 0 aliphatic carbocycles. The first kappa shape index (κ1) is 20.5. The number of nitro benzene ring substituents is 1. The molecule has 0 atom stereocenters. The number of nitrogens with one attached hydrogen (secondary N) is 1. The van der Waals surface area contributed by atoms with Crippen LogP contribution in [0.1, 0.15) is 18.4 Å². The minimum Gasteiger partial charge on any atom is -0.362 e. The summed E-state index contributed by atoms with van der Waals surface area (Å²) >= 11 is 0. The van der Waals surface area contributed by atoms with Crippen LogP contribution in [0.15, 0.2) is 57.8 Å². The largest absolute Gasteiger partial charge is 0.362 e. The van der Waals surface area contributed by atoms with Gasteiger partial charge in [-0.3, -0.25) is 14.9 Å². The van der Waals surface area contributed by atoms with Crippen molar-refractivity contribution < 1.29 is 18.1 Å². The molecular weight excluding hydrogens is 396 g/mol. The van der Waals surface area contributed by atoms with Crippen molar-refractivity contribution in [3.63, 3.8) is 0 Å². The lowest BCUT2D eigenvalue weighted by molar-refractivity contribution is -0.384. The second-order valence-electron chi connectivity index (χ2n) is 6.68. The summed E-state index contributed by atoms with van der Waals surface area (Å²) in [6, 6.07) is 11.6. The van der Waals surface area contributed by atoms with Crippen LogP contribution in [0.4, 0.5) is 11.4 Å². The molecule has 0 unspecified atom stereocenters. The molecule has 1 amide bonds. The number of amidine groups is 1. The Hall–Kier alpha value is -3.27. The van der Waals surface area contributed by atoms with Gasteiger partial charge in [-0.25, -0.2) is 0 Å². The monoisotopic (exact) mass is 416 g/mol. The SMILES string of the molecule is CN1CCC/C1=N\S(=O)(=O)c1cccc(NC(=O)Cc2ccc([N+](=O)[O-])cc2)c1. The first-order valence-electron chi connectivity index (χ1n) is 8.93. The van der Waals surface area contributed by atoms with E-state index in [1.165, 1.54) is 42.5 Å². The molecule has 1 aliphatic rings. The third kappa shape index (κ3) is 5.17. The molecule has 0 bridgehead atoms. The molecule has 1 aliphatic heterocycles. The first-order valence-corrected chi connectivity index (χ1v) is 10.4. The highest BCUT2D eigenvalue weighted by Crippen LogP contribution is 2.20. The lowest BCUT2D eigenvalue weighted by Gasteiger charge is -2.11. The van der Waals surface area contributed by atoms with Gasteiger partial charge in [-0.05, 0) is 30.2 Å². The van der Waals surface area contributed by atoms with Crippen LogP contribution in [0.2, 0.25) is 0 Å². The summed E-state index contributed by atoms with van der Waals surface area (Å²) in [5.41, 5.74) is 0.882. The van der Waals surface area contributed by atoms with Crippen molar-refractivity contribution in [2.24, 2.45) is 4.40 Å². The molecule has 1 fully saturated rings. The number of anilines is 1. The average Bonchev–Trinajstić information content (AvgIpc) is 3.06. The fraction of sp³-hybridized carbons (Fsp3) is 0.263. The molecule has 1 saturated heterocycles. The van der Waals surface area contributed by atoms with Gasteiger partial charge in [0.1, 0.15) is 5.84 Å². The normalized spacial score (nSPS) is 15.5. The van der Waals surface area contributed by atoms with Crippen molar-refractivity contribution in [2.45, 2.75) is 24.2 Å². The summed E-state index contributed by atoms with van der Waals surface area (Å²) in [4.78, 5) is 24.2. The predicted molar refractivity (Wildman–Crippen MR) is 108 cm³/mol. The zero-order valence-corrected chi connectivity index (χ0v) is 16.6. The topological polar surface area (TPSA) is 122 Å². The van der Waals surface area contributed by atoms with Crippen LogP contribution in [0.25, 0.3) is 0 Å². The maximum absolute atomic E-state index is 12.6. The van der Waals surface area contributed by atoms with Gasteiger partial charge in [0.05, 0.1) is 16.2 Å². The lowest BCUT2D eigenvalue weighted by Crippen LogP contribution is -2.20. The number of hydrogen-bond donors (Lipinski definition) is 1. The smallest absolute Gasteiger partial charge is 0.284 e. The molecule has 2 aromatic rings. The molecule has 29 heavy (non-hydrogen) atoms. The van der Waals surface area contributed by atoms with E-state index in [0.717, 1.165) is 13.0 Å². The quantitative estimate of drug-likeness (QED) is 0.570. The number of carbonyl (C=O) groups is 1. The lowest BCUT2D eigenvalue weighted by atomic mass is 10.1. The number of nitrogens with zero attached hydrogens (tertiary/aromatic N) is 3. The first-order chi connectivity index (χ1) is 13.7. The number of hydrogen-bond acceptors (Lipinski definition) is 5. The Morgan fingerprint density at radius 1 is 1.24 bits per heavy atom. The van der Waals surface area contributed by atoms with E-state index in [0.29, 0.717) is 23.5 Å². The van der Waals surface area contributed by atoms with Crippen LogP contribution in [0, 0.1) is 10.1 Å². The highest BCUT2D eigenvalue weighted by atomic mass is 32.2. The van der Waals surface area contributed by atoms with Gasteiger partial charge in [-0.1, -0.05) is 18.2 Å². The van der Waals surface area contributed by atoms with Crippen LogP contribution >= 0.6 is 0 Å². The van der Waals surface area contributed by atoms with Gasteiger partial charge >= 0.3 is 0 Å². The minimum absolute atomic E-state index is 0.00145. The van der Waals surface area contributed by atoms with Gasteiger partial charge < -0.3 is 10.2 Å². The molecule has 1 N–H and O–H groups in total. The van der Waals surface area contributed by atoms with Gasteiger partial charge in [0.15, 0.2) is 0 Å². The standard InChI is InChI=1S/C19H20N4O5S/c1-22-11-3-6-18(22)21-29(27,28)17-5-2-4-15(13-17)20-19(24)12-14-7-9-16(10-8-14)23(25)26/h2,4-5,7-10,13H,3,6,11-12H2,1H3,(H,20,24)/b21-18+. The molecule has 152 valence electrons. The van der Waals surface area contributed by atoms with Crippen LogP contribution in [-0.4, -0.2) is 43.6 Å². The fourth-order valence-corrected chi connectivity index (χ4v) is 4.10. The van der Waals surface area contributed by atoms with Crippen molar-refractivity contribution in [3.8, 4) is 0 Å². The Bertz CT molecular complexity index is 1060. The molecular formula is C19H20N4O5S. The molecule has 0 aromatic heterocycles. The summed E-state index contributed by atoms with van der Waals surface area (Å²) in [5.74, 6) is 0.160. The average molecular weight is 416 g/mol. The van der Waals surface area contributed by atoms with Gasteiger partial charge in [0.2, 0.25) is 5.91 Å². The second kappa shape index (κ2) is 8.39. The Morgan fingerprint density at radius 2 is 1.97 bits per heavy atom. The summed E-state index contributed by atoms with van der Waals surface area (Å²) in [5, 5.41) is 13.3. The van der Waals surface area contributed by atoms with Crippen molar-refractivity contribution in [2.75, 3.05) is 18.9 Å². The molecule has 0 radical (unpaired) electrons. The van der Waals surface area contributed by atoms with Crippen LogP contribution in [0.5, 0.6) is 0 Å². The van der Waals surface area contributed by atoms with Crippen LogP contribution in [-0.2, 0) is 21.2 Å². The summed E-state index contributed by atoms with van der Waals surface area (Å²) in [6.07, 6.45) is 1.48. The van der Waals surface area contributed by atoms with E-state index < -0.39 is 14.9 Å². The molecule has 9 nitrogen and oxygen atoms in total. The number of rotatable bonds is 6. The van der Waals surface area contributed by atoms with E-state index in [1.54, 1.807) is 13.1 Å². The van der Waals surface area contributed by atoms with E-state index in [1.807, 2.05) is 4.90 Å². The molecule has 3 rings (SSSR count). The summed E-state index contributed by atoms with van der Waals surface area (Å²) in [7, 11) is -2.07. The number of sulfonamides is 1.